The van der Waals surface area contributed by atoms with Gasteiger partial charge < -0.3 is 4.57 Å². The molecule has 1 atom stereocenters. The van der Waals surface area contributed by atoms with Crippen molar-refractivity contribution in [2.45, 2.75) is 18.2 Å². The standard InChI is InChI=1S/C9H10N4S/c1-2-8(14-3-1)13-6-12-7-4-10-5-11-9(7)13/h4-6,8H,1-3H2. The van der Waals surface area contributed by atoms with Gasteiger partial charge in [0.1, 0.15) is 11.8 Å². The van der Waals surface area contributed by atoms with Crippen molar-refractivity contribution in [2.24, 2.45) is 0 Å². The molecule has 0 spiro atoms. The number of imidazole rings is 1. The van der Waals surface area contributed by atoms with Gasteiger partial charge in [-0.05, 0) is 18.6 Å². The van der Waals surface area contributed by atoms with Crippen LogP contribution in [0.25, 0.3) is 11.2 Å². The van der Waals surface area contributed by atoms with E-state index in [1.54, 1.807) is 12.5 Å². The highest BCUT2D eigenvalue weighted by molar-refractivity contribution is 7.99. The van der Waals surface area contributed by atoms with E-state index >= 15 is 0 Å². The Kier molecular flexibility index (Phi) is 1.90. The van der Waals surface area contributed by atoms with E-state index in [0.29, 0.717) is 5.37 Å². The molecule has 1 fully saturated rings. The van der Waals surface area contributed by atoms with Crippen molar-refractivity contribution in [1.82, 2.24) is 19.5 Å². The molecule has 5 heteroatoms. The lowest BCUT2D eigenvalue weighted by molar-refractivity contribution is 0.654. The first-order chi connectivity index (χ1) is 6.95. The lowest BCUT2D eigenvalue weighted by atomic mass is 10.3. The summed E-state index contributed by atoms with van der Waals surface area (Å²) in [6.45, 7) is 0. The Hall–Kier alpha value is -1.10. The quantitative estimate of drug-likeness (QED) is 0.714. The Morgan fingerprint density at radius 1 is 1.43 bits per heavy atom. The smallest absolute Gasteiger partial charge is 0.164 e. The summed E-state index contributed by atoms with van der Waals surface area (Å²) in [6.07, 6.45) is 7.74. The maximum absolute atomic E-state index is 4.29. The largest absolute Gasteiger partial charge is 0.303 e. The van der Waals surface area contributed by atoms with E-state index in [0.717, 1.165) is 11.2 Å². The minimum absolute atomic E-state index is 0.523. The Morgan fingerprint density at radius 3 is 3.29 bits per heavy atom. The van der Waals surface area contributed by atoms with Crippen molar-refractivity contribution in [3.8, 4) is 0 Å². The molecule has 1 unspecified atom stereocenters. The molecule has 3 heterocycles. The summed E-state index contributed by atoms with van der Waals surface area (Å²) in [7, 11) is 0. The molecule has 0 bridgehead atoms. The Morgan fingerprint density at radius 2 is 2.43 bits per heavy atom. The average molecular weight is 206 g/mol. The summed E-state index contributed by atoms with van der Waals surface area (Å²) < 4.78 is 2.16. The summed E-state index contributed by atoms with van der Waals surface area (Å²) in [6, 6.07) is 0. The molecular weight excluding hydrogens is 196 g/mol. The van der Waals surface area contributed by atoms with Gasteiger partial charge in [0, 0.05) is 0 Å². The monoisotopic (exact) mass is 206 g/mol. The van der Waals surface area contributed by atoms with Crippen LogP contribution in [0.5, 0.6) is 0 Å². The molecule has 4 nitrogen and oxygen atoms in total. The van der Waals surface area contributed by atoms with Gasteiger partial charge in [-0.1, -0.05) is 0 Å². The molecule has 2 aromatic heterocycles. The highest BCUT2D eigenvalue weighted by Crippen LogP contribution is 2.36. The van der Waals surface area contributed by atoms with Crippen molar-refractivity contribution < 1.29 is 0 Å². The normalized spacial score (nSPS) is 21.9. The lowest BCUT2D eigenvalue weighted by Crippen LogP contribution is -2.00. The summed E-state index contributed by atoms with van der Waals surface area (Å²) in [4.78, 5) is 12.5. The summed E-state index contributed by atoms with van der Waals surface area (Å²) in [5.74, 6) is 1.25. The third-order valence-corrected chi connectivity index (χ3v) is 3.83. The first-order valence-electron chi connectivity index (χ1n) is 4.69. The molecule has 0 N–H and O–H groups in total. The number of hydrogen-bond donors (Lipinski definition) is 0. The minimum atomic E-state index is 0.523. The Bertz CT molecular complexity index is 447. The lowest BCUT2D eigenvalue weighted by Gasteiger charge is -2.09. The average Bonchev–Trinajstić information content (AvgIpc) is 2.85. The van der Waals surface area contributed by atoms with Gasteiger partial charge in [0.2, 0.25) is 0 Å². The predicted octanol–water partition coefficient (Wildman–Crippen LogP) is 1.85. The minimum Gasteiger partial charge on any atom is -0.303 e. The molecule has 1 saturated heterocycles. The number of hydrogen-bond acceptors (Lipinski definition) is 4. The SMILES string of the molecule is c1ncc2ncn(C3CCCS3)c2n1. The van der Waals surface area contributed by atoms with Crippen molar-refractivity contribution >= 4 is 22.9 Å². The zero-order valence-corrected chi connectivity index (χ0v) is 8.44. The zero-order valence-electron chi connectivity index (χ0n) is 7.63. The molecule has 0 radical (unpaired) electrons. The van der Waals surface area contributed by atoms with Gasteiger partial charge in [-0.2, -0.15) is 0 Å². The number of rotatable bonds is 1. The van der Waals surface area contributed by atoms with Gasteiger partial charge in [0.05, 0.1) is 17.9 Å². The molecular formula is C9H10N4S. The van der Waals surface area contributed by atoms with Crippen molar-refractivity contribution in [3.63, 3.8) is 0 Å². The van der Waals surface area contributed by atoms with Crippen LogP contribution in [0.1, 0.15) is 18.2 Å². The second-order valence-electron chi connectivity index (χ2n) is 3.35. The van der Waals surface area contributed by atoms with Gasteiger partial charge in [-0.15, -0.1) is 11.8 Å². The molecule has 0 aromatic carbocycles. The van der Waals surface area contributed by atoms with Gasteiger partial charge in [-0.25, -0.2) is 15.0 Å². The van der Waals surface area contributed by atoms with E-state index in [1.165, 1.54) is 18.6 Å². The van der Waals surface area contributed by atoms with Gasteiger partial charge in [-0.3, -0.25) is 0 Å². The molecule has 14 heavy (non-hydrogen) atoms. The zero-order chi connectivity index (χ0) is 9.38. The first kappa shape index (κ1) is 8.23. The van der Waals surface area contributed by atoms with Crippen LogP contribution in [0.15, 0.2) is 18.9 Å². The second kappa shape index (κ2) is 3.24. The van der Waals surface area contributed by atoms with Crippen molar-refractivity contribution in [1.29, 1.82) is 0 Å². The van der Waals surface area contributed by atoms with E-state index < -0.39 is 0 Å². The molecule has 0 saturated carbocycles. The molecule has 3 rings (SSSR count). The molecule has 1 aliphatic rings. The number of fused-ring (bicyclic) bond motifs is 1. The van der Waals surface area contributed by atoms with Crippen LogP contribution in [0.2, 0.25) is 0 Å². The highest BCUT2D eigenvalue weighted by atomic mass is 32.2. The fourth-order valence-corrected chi connectivity index (χ4v) is 3.03. The van der Waals surface area contributed by atoms with Crippen LogP contribution in [-0.4, -0.2) is 25.3 Å². The molecule has 0 amide bonds. The highest BCUT2D eigenvalue weighted by Gasteiger charge is 2.19. The van der Waals surface area contributed by atoms with Gasteiger partial charge in [0.25, 0.3) is 0 Å². The van der Waals surface area contributed by atoms with Crippen LogP contribution in [0.4, 0.5) is 0 Å². The number of thioether (sulfide) groups is 1. The van der Waals surface area contributed by atoms with Crippen LogP contribution in [-0.2, 0) is 0 Å². The Balaban J connectivity index is 2.11. The third kappa shape index (κ3) is 1.19. The van der Waals surface area contributed by atoms with E-state index in [9.17, 15) is 0 Å². The van der Waals surface area contributed by atoms with Crippen LogP contribution < -0.4 is 0 Å². The van der Waals surface area contributed by atoms with E-state index in [4.69, 9.17) is 0 Å². The van der Waals surface area contributed by atoms with E-state index in [2.05, 4.69) is 19.5 Å². The Labute approximate surface area is 85.8 Å². The summed E-state index contributed by atoms with van der Waals surface area (Å²) >= 11 is 1.98. The molecule has 0 aliphatic carbocycles. The topological polar surface area (TPSA) is 43.6 Å². The molecule has 1 aliphatic heterocycles. The molecule has 2 aromatic rings. The van der Waals surface area contributed by atoms with E-state index in [1.807, 2.05) is 18.1 Å². The fourth-order valence-electron chi connectivity index (χ4n) is 1.78. The van der Waals surface area contributed by atoms with Crippen LogP contribution in [0.3, 0.4) is 0 Å². The summed E-state index contributed by atoms with van der Waals surface area (Å²) in [5, 5.41) is 0.523. The first-order valence-corrected chi connectivity index (χ1v) is 5.74. The maximum Gasteiger partial charge on any atom is 0.164 e. The predicted molar refractivity (Wildman–Crippen MR) is 56.1 cm³/mol. The maximum atomic E-state index is 4.29. The van der Waals surface area contributed by atoms with Crippen LogP contribution >= 0.6 is 11.8 Å². The third-order valence-electron chi connectivity index (χ3n) is 2.45. The summed E-state index contributed by atoms with van der Waals surface area (Å²) in [5.41, 5.74) is 1.85. The van der Waals surface area contributed by atoms with E-state index in [-0.39, 0.29) is 0 Å². The number of nitrogens with zero attached hydrogens (tertiary/aromatic N) is 4. The molecule has 72 valence electrons. The van der Waals surface area contributed by atoms with Crippen LogP contribution in [0, 0.1) is 0 Å². The number of aromatic nitrogens is 4. The van der Waals surface area contributed by atoms with Gasteiger partial charge in [0.15, 0.2) is 5.65 Å². The fraction of sp³-hybridized carbons (Fsp3) is 0.444. The van der Waals surface area contributed by atoms with Crippen molar-refractivity contribution in [3.05, 3.63) is 18.9 Å². The van der Waals surface area contributed by atoms with Gasteiger partial charge >= 0.3 is 0 Å². The van der Waals surface area contributed by atoms with Crippen molar-refractivity contribution in [2.75, 3.05) is 5.75 Å². The second-order valence-corrected chi connectivity index (χ2v) is 4.64.